The van der Waals surface area contributed by atoms with Gasteiger partial charge in [0.15, 0.2) is 0 Å². The molecule has 14 heavy (non-hydrogen) atoms. The zero-order valence-electron chi connectivity index (χ0n) is 7.62. The highest BCUT2D eigenvalue weighted by molar-refractivity contribution is 7.45. The summed E-state index contributed by atoms with van der Waals surface area (Å²) in [6.45, 7) is 1.82. The summed E-state index contributed by atoms with van der Waals surface area (Å²) in [6, 6.07) is -0.489. The van der Waals surface area contributed by atoms with Crippen molar-refractivity contribution in [2.24, 2.45) is 5.73 Å². The summed E-state index contributed by atoms with van der Waals surface area (Å²) in [5.41, 5.74) is 5.18. The summed E-state index contributed by atoms with van der Waals surface area (Å²) in [4.78, 5) is 32.1. The van der Waals surface area contributed by atoms with E-state index in [1.165, 1.54) is 0 Å². The van der Waals surface area contributed by atoms with Crippen LogP contribution < -0.4 is 11.1 Å². The maximum absolute atomic E-state index is 10.6. The molecule has 0 unspecified atom stereocenters. The maximum atomic E-state index is 10.6. The molecule has 9 heteroatoms. The molecule has 86 valence electrons. The van der Waals surface area contributed by atoms with Crippen molar-refractivity contribution in [1.82, 2.24) is 5.32 Å². The van der Waals surface area contributed by atoms with Gasteiger partial charge in [-0.25, -0.2) is 4.57 Å². The molecule has 1 amide bonds. The van der Waals surface area contributed by atoms with E-state index < -0.39 is 13.9 Å². The van der Waals surface area contributed by atoms with Crippen LogP contribution in [0.1, 0.15) is 6.92 Å². The second kappa shape index (κ2) is 7.86. The van der Waals surface area contributed by atoms with Crippen molar-refractivity contribution in [3.63, 3.8) is 0 Å². The van der Waals surface area contributed by atoms with E-state index in [1.54, 1.807) is 6.92 Å². The van der Waals surface area contributed by atoms with Gasteiger partial charge in [0.2, 0.25) is 5.91 Å². The molecule has 1 atom stereocenters. The highest BCUT2D eigenvalue weighted by Gasteiger charge is 2.03. The number of nitrogens with one attached hydrogen (secondary N) is 1. The molecule has 0 saturated carbocycles. The predicted octanol–water partition coefficient (Wildman–Crippen LogP) is -2.49. The van der Waals surface area contributed by atoms with Gasteiger partial charge >= 0.3 is 7.82 Å². The van der Waals surface area contributed by atoms with Gasteiger partial charge < -0.3 is 30.8 Å². The molecule has 0 saturated heterocycles. The summed E-state index contributed by atoms with van der Waals surface area (Å²) in [7, 11) is -4.64. The minimum Gasteiger partial charge on any atom is -0.395 e. The van der Waals surface area contributed by atoms with E-state index in [0.717, 1.165) is 0 Å². The average molecular weight is 230 g/mol. The van der Waals surface area contributed by atoms with Crippen molar-refractivity contribution in [2.75, 3.05) is 13.2 Å². The van der Waals surface area contributed by atoms with Crippen LogP contribution in [0.4, 0.5) is 0 Å². The number of hydrogen-bond donors (Lipinski definition) is 6. The van der Waals surface area contributed by atoms with Gasteiger partial charge in [-0.05, 0) is 6.92 Å². The molecule has 8 nitrogen and oxygen atoms in total. The quantitative estimate of drug-likeness (QED) is 0.293. The number of carbonyl (C=O) groups excluding carboxylic acids is 1. The predicted molar refractivity (Wildman–Crippen MR) is 48.0 cm³/mol. The van der Waals surface area contributed by atoms with Crippen molar-refractivity contribution < 1.29 is 29.1 Å². The molecule has 0 aromatic carbocycles. The average Bonchev–Trinajstić information content (AvgIpc) is 1.96. The molecule has 0 spiro atoms. The number of aliphatic hydroxyl groups is 1. The van der Waals surface area contributed by atoms with Crippen LogP contribution in [0.2, 0.25) is 0 Å². The number of aliphatic hydroxyl groups excluding tert-OH is 1. The number of rotatable bonds is 3. The van der Waals surface area contributed by atoms with E-state index in [4.69, 9.17) is 30.1 Å². The molecule has 0 heterocycles. The normalized spacial score (nSPS) is 12.4. The molecule has 0 aromatic rings. The third kappa shape index (κ3) is 22.5. The Bertz CT molecular complexity index is 194. The van der Waals surface area contributed by atoms with Gasteiger partial charge in [-0.1, -0.05) is 0 Å². The molecule has 0 aromatic heterocycles. The lowest BCUT2D eigenvalue weighted by Gasteiger charge is -2.04. The van der Waals surface area contributed by atoms with Gasteiger partial charge in [-0.15, -0.1) is 0 Å². The number of nitrogens with two attached hydrogens (primary N) is 1. The van der Waals surface area contributed by atoms with Gasteiger partial charge in [0, 0.05) is 6.54 Å². The molecule has 0 bridgehead atoms. The molecule has 0 aliphatic rings. The van der Waals surface area contributed by atoms with Crippen LogP contribution in [0.15, 0.2) is 0 Å². The van der Waals surface area contributed by atoms with Crippen LogP contribution in [-0.2, 0) is 9.36 Å². The molecule has 7 N–H and O–H groups in total. The maximum Gasteiger partial charge on any atom is 0.466 e. The van der Waals surface area contributed by atoms with Gasteiger partial charge in [0.05, 0.1) is 12.6 Å². The Morgan fingerprint density at radius 3 is 2.07 bits per heavy atom. The smallest absolute Gasteiger partial charge is 0.395 e. The third-order valence-corrected chi connectivity index (χ3v) is 0.825. The van der Waals surface area contributed by atoms with E-state index in [2.05, 4.69) is 5.32 Å². The lowest BCUT2D eigenvalue weighted by Crippen LogP contribution is -2.39. The molecular formula is C5H15N2O6P. The Labute approximate surface area is 81.0 Å². The van der Waals surface area contributed by atoms with E-state index in [0.29, 0.717) is 0 Å². The summed E-state index contributed by atoms with van der Waals surface area (Å²) >= 11 is 0. The molecule has 0 fully saturated rings. The van der Waals surface area contributed by atoms with Gasteiger partial charge in [-0.2, -0.15) is 0 Å². The van der Waals surface area contributed by atoms with E-state index >= 15 is 0 Å². The van der Waals surface area contributed by atoms with Crippen molar-refractivity contribution in [3.8, 4) is 0 Å². The monoisotopic (exact) mass is 230 g/mol. The molecule has 0 rings (SSSR count). The lowest BCUT2D eigenvalue weighted by atomic mass is 10.3. The van der Waals surface area contributed by atoms with E-state index in [1.807, 2.05) is 0 Å². The Morgan fingerprint density at radius 2 is 1.86 bits per heavy atom. The van der Waals surface area contributed by atoms with Crippen LogP contribution in [0, 0.1) is 0 Å². The van der Waals surface area contributed by atoms with Gasteiger partial charge in [0.25, 0.3) is 0 Å². The Balaban J connectivity index is 0. The first-order valence-electron chi connectivity index (χ1n) is 3.61. The van der Waals surface area contributed by atoms with Crippen molar-refractivity contribution >= 4 is 13.7 Å². The fourth-order valence-electron chi connectivity index (χ4n) is 0.340. The number of hydrogen-bond acceptors (Lipinski definition) is 4. The minimum atomic E-state index is -4.64. The van der Waals surface area contributed by atoms with Crippen LogP contribution >= 0.6 is 7.82 Å². The lowest BCUT2D eigenvalue weighted by molar-refractivity contribution is -0.122. The minimum absolute atomic E-state index is 0.0432. The zero-order valence-corrected chi connectivity index (χ0v) is 8.52. The van der Waals surface area contributed by atoms with Crippen LogP contribution in [0.3, 0.4) is 0 Å². The van der Waals surface area contributed by atoms with Crippen LogP contribution in [0.5, 0.6) is 0 Å². The van der Waals surface area contributed by atoms with Gasteiger partial charge in [-0.3, -0.25) is 4.79 Å². The van der Waals surface area contributed by atoms with Gasteiger partial charge in [0.1, 0.15) is 0 Å². The largest absolute Gasteiger partial charge is 0.466 e. The summed E-state index contributed by atoms with van der Waals surface area (Å²) < 4.78 is 8.88. The summed E-state index contributed by atoms with van der Waals surface area (Å²) in [6.07, 6.45) is 0. The van der Waals surface area contributed by atoms with Crippen molar-refractivity contribution in [2.45, 2.75) is 13.0 Å². The standard InChI is InChI=1S/C5H12N2O2.H3O4P/c1-4(6)5(9)7-2-3-8;1-5(2,3)4/h4,8H,2-3,6H2,1H3,(H,7,9);(H3,1,2,3,4)/t4-;/m0./s1. The Kier molecular flexibility index (Phi) is 8.96. The molecular weight excluding hydrogens is 215 g/mol. The fraction of sp³-hybridized carbons (Fsp3) is 0.800. The molecule has 0 aliphatic carbocycles. The second-order valence-electron chi connectivity index (χ2n) is 2.32. The van der Waals surface area contributed by atoms with Crippen molar-refractivity contribution in [1.29, 1.82) is 0 Å². The summed E-state index contributed by atoms with van der Waals surface area (Å²) in [5.74, 6) is -0.232. The van der Waals surface area contributed by atoms with Crippen LogP contribution in [-0.4, -0.2) is 44.9 Å². The highest BCUT2D eigenvalue weighted by Crippen LogP contribution is 2.25. The van der Waals surface area contributed by atoms with E-state index in [-0.39, 0.29) is 19.1 Å². The second-order valence-corrected chi connectivity index (χ2v) is 3.34. The third-order valence-electron chi connectivity index (χ3n) is 0.825. The van der Waals surface area contributed by atoms with E-state index in [9.17, 15) is 4.79 Å². The summed E-state index contributed by atoms with van der Waals surface area (Å²) in [5, 5.41) is 10.7. The molecule has 0 radical (unpaired) electrons. The first kappa shape index (κ1) is 15.9. The number of phosphoric acid groups is 1. The SMILES string of the molecule is C[C@H](N)C(=O)NCCO.O=P(O)(O)O. The molecule has 0 aliphatic heterocycles. The van der Waals surface area contributed by atoms with Crippen LogP contribution in [0.25, 0.3) is 0 Å². The number of amides is 1. The Morgan fingerprint density at radius 1 is 1.50 bits per heavy atom. The Hall–Kier alpha value is -0.500. The first-order valence-corrected chi connectivity index (χ1v) is 5.17. The van der Waals surface area contributed by atoms with Crippen molar-refractivity contribution in [3.05, 3.63) is 0 Å². The first-order chi connectivity index (χ1) is 6.18. The highest BCUT2D eigenvalue weighted by atomic mass is 31.2. The zero-order chi connectivity index (χ0) is 11.8. The fourth-order valence-corrected chi connectivity index (χ4v) is 0.340. The topological polar surface area (TPSA) is 153 Å². The number of carbonyl (C=O) groups is 1.